The smallest absolute Gasteiger partial charge is 0.189 e. The van der Waals surface area contributed by atoms with Gasteiger partial charge in [-0.1, -0.05) is 19.9 Å². The number of hydrogen-bond donors (Lipinski definition) is 1. The number of benzene rings is 1. The van der Waals surface area contributed by atoms with E-state index in [4.69, 9.17) is 9.47 Å². The number of halogens is 2. The minimum absolute atomic E-state index is 0.0127. The number of ether oxygens (including phenoxy) is 2. The van der Waals surface area contributed by atoms with Crippen LogP contribution in [0.15, 0.2) is 36.6 Å². The van der Waals surface area contributed by atoms with Gasteiger partial charge in [0.15, 0.2) is 12.6 Å². The Balaban J connectivity index is 1.91. The Hall–Kier alpha value is -2.21. The summed E-state index contributed by atoms with van der Waals surface area (Å²) >= 11 is 0. The number of carbonyl (C=O) groups is 1. The van der Waals surface area contributed by atoms with Gasteiger partial charge in [-0.3, -0.25) is 4.79 Å². The Morgan fingerprint density at radius 2 is 2.11 bits per heavy atom. The van der Waals surface area contributed by atoms with Crippen molar-refractivity contribution in [2.75, 3.05) is 19.2 Å². The van der Waals surface area contributed by atoms with Crippen LogP contribution in [0.2, 0.25) is 0 Å². The van der Waals surface area contributed by atoms with Crippen LogP contribution in [0.1, 0.15) is 25.8 Å². The Kier molecular flexibility index (Phi) is 5.38. The normalized spacial score (nSPS) is 26.6. The molecule has 146 valence electrons. The summed E-state index contributed by atoms with van der Waals surface area (Å²) in [5.41, 5.74) is -0.430. The highest BCUT2D eigenvalue weighted by Gasteiger charge is 2.52. The molecule has 6 heteroatoms. The van der Waals surface area contributed by atoms with E-state index in [9.17, 15) is 13.6 Å². The standard InChI is InChI=1S/C21H25F2NO3/c1-5-12(2)15-10-21(20(9-19(15)25)26-11-27-21)13(3)6-14-7-17(23)18(24-4)8-16(14)22/h5,7-9,12-13,15,24H,1,6,10-11H2,2-4H3/t12?,13?,15-,21-/m1/s1. The Labute approximate surface area is 158 Å². The van der Waals surface area contributed by atoms with Gasteiger partial charge in [0.25, 0.3) is 0 Å². The molecule has 1 heterocycles. The molecule has 2 aliphatic rings. The zero-order chi connectivity index (χ0) is 19.8. The summed E-state index contributed by atoms with van der Waals surface area (Å²) < 4.78 is 40.1. The first-order valence-corrected chi connectivity index (χ1v) is 9.13. The fourth-order valence-corrected chi connectivity index (χ4v) is 4.00. The molecule has 0 amide bonds. The molecular formula is C21H25F2NO3. The predicted octanol–water partition coefficient (Wildman–Crippen LogP) is 4.22. The summed E-state index contributed by atoms with van der Waals surface area (Å²) in [6.07, 6.45) is 3.95. The minimum atomic E-state index is -0.819. The third kappa shape index (κ3) is 3.38. The molecule has 1 fully saturated rings. The molecule has 1 aromatic rings. The van der Waals surface area contributed by atoms with Crippen molar-refractivity contribution in [3.8, 4) is 0 Å². The van der Waals surface area contributed by atoms with E-state index in [0.29, 0.717) is 12.2 Å². The zero-order valence-corrected chi connectivity index (χ0v) is 15.9. The number of rotatable bonds is 6. The number of carbonyl (C=O) groups excluding carboxylic acids is 1. The molecule has 3 rings (SSSR count). The molecule has 1 aromatic carbocycles. The molecule has 0 bridgehead atoms. The van der Waals surface area contributed by atoms with E-state index in [1.165, 1.54) is 12.1 Å². The number of anilines is 1. The van der Waals surface area contributed by atoms with Gasteiger partial charge in [0.1, 0.15) is 23.0 Å². The molecule has 0 aromatic heterocycles. The topological polar surface area (TPSA) is 47.6 Å². The summed E-state index contributed by atoms with van der Waals surface area (Å²) in [5, 5.41) is 2.63. The van der Waals surface area contributed by atoms with Gasteiger partial charge in [-0.15, -0.1) is 6.58 Å². The van der Waals surface area contributed by atoms with Gasteiger partial charge in [-0.05, 0) is 36.3 Å². The van der Waals surface area contributed by atoms with E-state index in [2.05, 4.69) is 11.9 Å². The highest BCUT2D eigenvalue weighted by atomic mass is 19.1. The van der Waals surface area contributed by atoms with Crippen molar-refractivity contribution in [3.63, 3.8) is 0 Å². The highest BCUT2D eigenvalue weighted by molar-refractivity contribution is 5.94. The first kappa shape index (κ1) is 19.5. The molecule has 0 saturated carbocycles. The molecule has 1 saturated heterocycles. The number of ketones is 1. The molecule has 4 atom stereocenters. The van der Waals surface area contributed by atoms with Crippen molar-refractivity contribution in [1.29, 1.82) is 0 Å². The lowest BCUT2D eigenvalue weighted by molar-refractivity contribution is -0.124. The molecular weight excluding hydrogens is 352 g/mol. The molecule has 0 radical (unpaired) electrons. The van der Waals surface area contributed by atoms with Gasteiger partial charge in [-0.25, -0.2) is 8.78 Å². The second kappa shape index (κ2) is 7.43. The maximum absolute atomic E-state index is 14.4. The van der Waals surface area contributed by atoms with E-state index in [1.807, 2.05) is 13.8 Å². The molecule has 4 nitrogen and oxygen atoms in total. The molecule has 0 spiro atoms. The summed E-state index contributed by atoms with van der Waals surface area (Å²) in [6.45, 7) is 7.69. The van der Waals surface area contributed by atoms with Crippen LogP contribution in [0.3, 0.4) is 0 Å². The zero-order valence-electron chi connectivity index (χ0n) is 15.9. The first-order chi connectivity index (χ1) is 12.8. The van der Waals surface area contributed by atoms with Crippen LogP contribution in [-0.4, -0.2) is 25.2 Å². The molecule has 1 aliphatic carbocycles. The summed E-state index contributed by atoms with van der Waals surface area (Å²) in [7, 11) is 1.54. The molecule has 1 N–H and O–H groups in total. The molecule has 2 unspecified atom stereocenters. The quantitative estimate of drug-likeness (QED) is 0.754. The fourth-order valence-electron chi connectivity index (χ4n) is 4.00. The van der Waals surface area contributed by atoms with Crippen LogP contribution in [0.4, 0.5) is 14.5 Å². The van der Waals surface area contributed by atoms with E-state index in [0.717, 1.165) is 6.07 Å². The lowest BCUT2D eigenvalue weighted by Crippen LogP contribution is -2.46. The maximum Gasteiger partial charge on any atom is 0.189 e. The molecule has 1 aliphatic heterocycles. The number of allylic oxidation sites excluding steroid dienone is 2. The second-order valence-electron chi connectivity index (χ2n) is 7.39. The van der Waals surface area contributed by atoms with Crippen molar-refractivity contribution in [2.24, 2.45) is 17.8 Å². The van der Waals surface area contributed by atoms with Gasteiger partial charge in [0, 0.05) is 25.1 Å². The fraction of sp³-hybridized carbons (Fsp3) is 0.476. The summed E-state index contributed by atoms with van der Waals surface area (Å²) in [5.74, 6) is -1.02. The SMILES string of the molecule is C=CC(C)[C@H]1C[C@]2(C(C)Cc3cc(F)c(NC)cc3F)OCOC2=CC1=O. The average Bonchev–Trinajstić information content (AvgIpc) is 3.06. The number of hydrogen-bond acceptors (Lipinski definition) is 4. The van der Waals surface area contributed by atoms with E-state index >= 15 is 0 Å². The largest absolute Gasteiger partial charge is 0.469 e. The van der Waals surface area contributed by atoms with Crippen LogP contribution in [-0.2, 0) is 20.7 Å². The van der Waals surface area contributed by atoms with Gasteiger partial charge in [0.2, 0.25) is 0 Å². The van der Waals surface area contributed by atoms with Gasteiger partial charge >= 0.3 is 0 Å². The monoisotopic (exact) mass is 377 g/mol. The summed E-state index contributed by atoms with van der Waals surface area (Å²) in [6, 6.07) is 2.37. The van der Waals surface area contributed by atoms with Crippen LogP contribution in [0, 0.1) is 29.4 Å². The van der Waals surface area contributed by atoms with Gasteiger partial charge in [-0.2, -0.15) is 0 Å². The van der Waals surface area contributed by atoms with E-state index < -0.39 is 17.2 Å². The Bertz CT molecular complexity index is 792. The van der Waals surface area contributed by atoms with Crippen LogP contribution in [0.25, 0.3) is 0 Å². The Morgan fingerprint density at radius 1 is 1.37 bits per heavy atom. The lowest BCUT2D eigenvalue weighted by Gasteiger charge is -2.39. The Morgan fingerprint density at radius 3 is 2.78 bits per heavy atom. The third-order valence-corrected chi connectivity index (χ3v) is 5.84. The van der Waals surface area contributed by atoms with Crippen LogP contribution in [0.5, 0.6) is 0 Å². The van der Waals surface area contributed by atoms with Gasteiger partial charge in [0.05, 0.1) is 5.69 Å². The number of nitrogens with one attached hydrogen (secondary N) is 1. The van der Waals surface area contributed by atoms with Crippen molar-refractivity contribution in [1.82, 2.24) is 0 Å². The second-order valence-corrected chi connectivity index (χ2v) is 7.39. The van der Waals surface area contributed by atoms with Crippen molar-refractivity contribution in [3.05, 3.63) is 53.8 Å². The summed E-state index contributed by atoms with van der Waals surface area (Å²) in [4.78, 5) is 12.5. The minimum Gasteiger partial charge on any atom is -0.469 e. The van der Waals surface area contributed by atoms with Crippen molar-refractivity contribution < 1.29 is 23.0 Å². The third-order valence-electron chi connectivity index (χ3n) is 5.84. The first-order valence-electron chi connectivity index (χ1n) is 9.13. The number of fused-ring (bicyclic) bond motifs is 1. The maximum atomic E-state index is 14.4. The lowest BCUT2D eigenvalue weighted by atomic mass is 9.69. The van der Waals surface area contributed by atoms with Crippen LogP contribution >= 0.6 is 0 Å². The van der Waals surface area contributed by atoms with E-state index in [-0.39, 0.29) is 48.0 Å². The van der Waals surface area contributed by atoms with Gasteiger partial charge < -0.3 is 14.8 Å². The average molecular weight is 377 g/mol. The van der Waals surface area contributed by atoms with Crippen molar-refractivity contribution in [2.45, 2.75) is 32.3 Å². The van der Waals surface area contributed by atoms with Crippen molar-refractivity contribution >= 4 is 11.5 Å². The van der Waals surface area contributed by atoms with E-state index in [1.54, 1.807) is 13.1 Å². The molecule has 27 heavy (non-hydrogen) atoms. The highest BCUT2D eigenvalue weighted by Crippen LogP contribution is 2.47. The predicted molar refractivity (Wildman–Crippen MR) is 99.1 cm³/mol. The van der Waals surface area contributed by atoms with Crippen LogP contribution < -0.4 is 5.32 Å².